The second-order valence-corrected chi connectivity index (χ2v) is 7.72. The molecule has 3 aromatic carbocycles. The molecule has 162 valence electrons. The van der Waals surface area contributed by atoms with Crippen LogP contribution in [0.2, 0.25) is 0 Å². The van der Waals surface area contributed by atoms with E-state index in [0.29, 0.717) is 12.2 Å². The molecule has 2 unspecified atom stereocenters. The molecule has 4 rings (SSSR count). The lowest BCUT2D eigenvalue weighted by molar-refractivity contribution is -0.120. The van der Waals surface area contributed by atoms with Crippen LogP contribution in [0.3, 0.4) is 0 Å². The van der Waals surface area contributed by atoms with Gasteiger partial charge in [-0.1, -0.05) is 48.5 Å². The zero-order valence-corrected chi connectivity index (χ0v) is 17.2. The number of rotatable bonds is 8. The second kappa shape index (κ2) is 9.14. The minimum Gasteiger partial charge on any atom is -0.489 e. The van der Waals surface area contributed by atoms with Crippen molar-refractivity contribution in [3.05, 3.63) is 113 Å². The zero-order chi connectivity index (χ0) is 22.6. The number of amides is 1. The molecule has 1 heterocycles. The number of carbonyl (C=O) groups is 1. The monoisotopic (exact) mass is 432 g/mol. The lowest BCUT2D eigenvalue weighted by Gasteiger charge is -2.32. The lowest BCUT2D eigenvalue weighted by Crippen LogP contribution is -2.42. The smallest absolute Gasteiger partial charge is 0.227 e. The molecule has 0 aliphatic carbocycles. The molecular formula is C26H22F2N2O2. The fourth-order valence-corrected chi connectivity index (χ4v) is 4.01. The highest BCUT2D eigenvalue weighted by Gasteiger charge is 2.43. The fraction of sp³-hybridized carbons (Fsp3) is 0.154. The zero-order valence-electron chi connectivity index (χ0n) is 17.2. The number of hydrogen-bond acceptors (Lipinski definition) is 3. The van der Waals surface area contributed by atoms with Crippen LogP contribution in [0.1, 0.15) is 22.6 Å². The molecule has 1 amide bonds. The molecule has 2 atom stereocenters. The summed E-state index contributed by atoms with van der Waals surface area (Å²) in [5.41, 5.74) is 6.54. The van der Waals surface area contributed by atoms with Gasteiger partial charge in [-0.2, -0.15) is 0 Å². The molecule has 0 radical (unpaired) electrons. The molecule has 3 aromatic rings. The molecule has 1 aliphatic heterocycles. The SMILES string of the molecule is NC(=O)C(c1ccccc1F)C1(Cc2ccc(OCc3cccc(F)c3)cc2)C=CC=N1. The Bertz CT molecular complexity index is 1160. The number of nitrogens with two attached hydrogens (primary N) is 1. The fourth-order valence-electron chi connectivity index (χ4n) is 4.01. The van der Waals surface area contributed by atoms with Gasteiger partial charge in [0.1, 0.15) is 24.0 Å². The van der Waals surface area contributed by atoms with Crippen molar-refractivity contribution in [2.24, 2.45) is 10.7 Å². The van der Waals surface area contributed by atoms with E-state index in [1.807, 2.05) is 12.1 Å². The number of ether oxygens (including phenoxy) is 1. The Morgan fingerprint density at radius 1 is 1.00 bits per heavy atom. The maximum atomic E-state index is 14.5. The maximum absolute atomic E-state index is 14.5. The summed E-state index contributed by atoms with van der Waals surface area (Å²) >= 11 is 0. The molecular weight excluding hydrogens is 410 g/mol. The predicted molar refractivity (Wildman–Crippen MR) is 120 cm³/mol. The van der Waals surface area contributed by atoms with Crippen LogP contribution in [0.5, 0.6) is 5.75 Å². The van der Waals surface area contributed by atoms with Crippen molar-refractivity contribution in [1.82, 2.24) is 0 Å². The van der Waals surface area contributed by atoms with E-state index in [0.717, 1.165) is 11.1 Å². The van der Waals surface area contributed by atoms with Gasteiger partial charge >= 0.3 is 0 Å². The molecule has 0 bridgehead atoms. The Hall–Kier alpha value is -3.80. The summed E-state index contributed by atoms with van der Waals surface area (Å²) in [7, 11) is 0. The highest BCUT2D eigenvalue weighted by Crippen LogP contribution is 2.39. The van der Waals surface area contributed by atoms with E-state index in [1.165, 1.54) is 18.2 Å². The number of benzene rings is 3. The van der Waals surface area contributed by atoms with E-state index in [-0.39, 0.29) is 18.0 Å². The topological polar surface area (TPSA) is 64.7 Å². The Balaban J connectivity index is 1.54. The molecule has 2 N–H and O–H groups in total. The molecule has 0 aromatic heterocycles. The highest BCUT2D eigenvalue weighted by atomic mass is 19.1. The van der Waals surface area contributed by atoms with E-state index < -0.39 is 23.2 Å². The third kappa shape index (κ3) is 4.59. The van der Waals surface area contributed by atoms with E-state index in [9.17, 15) is 13.6 Å². The number of nitrogens with zero attached hydrogens (tertiary/aromatic N) is 1. The first-order valence-corrected chi connectivity index (χ1v) is 10.2. The number of primary amides is 1. The normalized spacial score (nSPS) is 17.9. The van der Waals surface area contributed by atoms with Crippen molar-refractivity contribution < 1.29 is 18.3 Å². The van der Waals surface area contributed by atoms with Crippen LogP contribution in [0.25, 0.3) is 0 Å². The van der Waals surface area contributed by atoms with Gasteiger partial charge in [-0.25, -0.2) is 8.78 Å². The average molecular weight is 432 g/mol. The molecule has 6 heteroatoms. The molecule has 32 heavy (non-hydrogen) atoms. The Morgan fingerprint density at radius 2 is 1.78 bits per heavy atom. The minimum absolute atomic E-state index is 0.221. The van der Waals surface area contributed by atoms with Crippen molar-refractivity contribution in [3.8, 4) is 5.75 Å². The van der Waals surface area contributed by atoms with E-state index in [2.05, 4.69) is 4.99 Å². The third-order valence-electron chi connectivity index (χ3n) is 5.49. The van der Waals surface area contributed by atoms with Crippen molar-refractivity contribution in [3.63, 3.8) is 0 Å². The van der Waals surface area contributed by atoms with E-state index in [4.69, 9.17) is 10.5 Å². The number of halogens is 2. The van der Waals surface area contributed by atoms with Crippen molar-refractivity contribution in [1.29, 1.82) is 0 Å². The van der Waals surface area contributed by atoms with Crippen LogP contribution in [0.15, 0.2) is 89.9 Å². The highest BCUT2D eigenvalue weighted by molar-refractivity contribution is 5.87. The standard InChI is InChI=1S/C26H22F2N2O2/c27-20-6-3-5-19(15-20)17-32-21-11-9-18(10-12-21)16-26(13-4-14-30-26)24(25(29)31)22-7-1-2-8-23(22)28/h1-15,24H,16-17H2,(H2,29,31). The summed E-state index contributed by atoms with van der Waals surface area (Å²) in [5, 5.41) is 0. The number of allylic oxidation sites excluding steroid dienone is 1. The van der Waals surface area contributed by atoms with Crippen LogP contribution in [0, 0.1) is 11.6 Å². The lowest BCUT2D eigenvalue weighted by atomic mass is 9.75. The molecule has 0 fully saturated rings. The van der Waals surface area contributed by atoms with Gasteiger partial charge in [0.05, 0.1) is 11.5 Å². The van der Waals surface area contributed by atoms with Crippen molar-refractivity contribution in [2.45, 2.75) is 24.5 Å². The molecule has 0 saturated heterocycles. The third-order valence-corrected chi connectivity index (χ3v) is 5.49. The summed E-state index contributed by atoms with van der Waals surface area (Å²) in [4.78, 5) is 17.0. The average Bonchev–Trinajstić information content (AvgIpc) is 3.23. The Kier molecular flexibility index (Phi) is 6.12. The van der Waals surface area contributed by atoms with Crippen LogP contribution < -0.4 is 10.5 Å². The Labute approximate surface area is 185 Å². The van der Waals surface area contributed by atoms with Crippen LogP contribution in [-0.4, -0.2) is 17.7 Å². The summed E-state index contributed by atoms with van der Waals surface area (Å²) in [5.74, 6) is -1.78. The first kappa shape index (κ1) is 21.4. The molecule has 1 aliphatic rings. The van der Waals surface area contributed by atoms with Gasteiger partial charge in [-0.05, 0) is 47.5 Å². The van der Waals surface area contributed by atoms with E-state index >= 15 is 0 Å². The number of carbonyl (C=O) groups excluding carboxylic acids is 1. The molecule has 4 nitrogen and oxygen atoms in total. The second-order valence-electron chi connectivity index (χ2n) is 7.72. The quantitative estimate of drug-likeness (QED) is 0.559. The predicted octanol–water partition coefficient (Wildman–Crippen LogP) is 4.73. The van der Waals surface area contributed by atoms with Crippen LogP contribution >= 0.6 is 0 Å². The van der Waals surface area contributed by atoms with Crippen molar-refractivity contribution >= 4 is 12.1 Å². The summed E-state index contributed by atoms with van der Waals surface area (Å²) < 4.78 is 33.6. The largest absolute Gasteiger partial charge is 0.489 e. The first-order chi connectivity index (χ1) is 15.5. The first-order valence-electron chi connectivity index (χ1n) is 10.2. The van der Waals surface area contributed by atoms with Gasteiger partial charge < -0.3 is 10.5 Å². The van der Waals surface area contributed by atoms with Crippen LogP contribution in [0.4, 0.5) is 8.78 Å². The van der Waals surface area contributed by atoms with Crippen LogP contribution in [-0.2, 0) is 17.8 Å². The molecule has 0 spiro atoms. The van der Waals surface area contributed by atoms with Crippen molar-refractivity contribution in [2.75, 3.05) is 0 Å². The Morgan fingerprint density at radius 3 is 2.44 bits per heavy atom. The minimum atomic E-state index is -1.02. The van der Waals surface area contributed by atoms with Gasteiger partial charge in [0, 0.05) is 18.2 Å². The summed E-state index contributed by atoms with van der Waals surface area (Å²) in [6, 6.07) is 19.7. The van der Waals surface area contributed by atoms with Gasteiger partial charge in [-0.3, -0.25) is 9.79 Å². The van der Waals surface area contributed by atoms with E-state index in [1.54, 1.807) is 60.8 Å². The number of aliphatic imine (C=N–C) groups is 1. The van der Waals surface area contributed by atoms with Gasteiger partial charge in [0.15, 0.2) is 0 Å². The molecule has 0 saturated carbocycles. The summed E-state index contributed by atoms with van der Waals surface area (Å²) in [6.45, 7) is 0.241. The van der Waals surface area contributed by atoms with Gasteiger partial charge in [0.25, 0.3) is 0 Å². The number of hydrogen-bond donors (Lipinski definition) is 1. The summed E-state index contributed by atoms with van der Waals surface area (Å²) in [6.07, 6.45) is 5.50. The maximum Gasteiger partial charge on any atom is 0.227 e. The van der Waals surface area contributed by atoms with Gasteiger partial charge in [-0.15, -0.1) is 0 Å². The van der Waals surface area contributed by atoms with Gasteiger partial charge in [0.2, 0.25) is 5.91 Å².